The number of carbonyl (C=O) groups excluding carboxylic acids is 1. The second-order valence-corrected chi connectivity index (χ2v) is 5.41. The van der Waals surface area contributed by atoms with Gasteiger partial charge in [-0.05, 0) is 26.3 Å². The number of nitrogens with zero attached hydrogens (tertiary/aromatic N) is 1. The molecule has 0 aliphatic rings. The molecule has 0 saturated heterocycles. The fourth-order valence-electron chi connectivity index (χ4n) is 2.04. The van der Waals surface area contributed by atoms with E-state index in [4.69, 9.17) is 4.74 Å². The monoisotopic (exact) mass is 278 g/mol. The van der Waals surface area contributed by atoms with E-state index >= 15 is 0 Å². The minimum absolute atomic E-state index is 0.0400. The van der Waals surface area contributed by atoms with E-state index in [-0.39, 0.29) is 11.9 Å². The van der Waals surface area contributed by atoms with E-state index < -0.39 is 0 Å². The third-order valence-corrected chi connectivity index (χ3v) is 3.13. The Kier molecular flexibility index (Phi) is 7.26. The lowest BCUT2D eigenvalue weighted by Crippen LogP contribution is -2.44. The zero-order valence-electron chi connectivity index (χ0n) is 12.9. The summed E-state index contributed by atoms with van der Waals surface area (Å²) < 4.78 is 5.02. The van der Waals surface area contributed by atoms with Crippen molar-refractivity contribution < 1.29 is 9.53 Å². The summed E-state index contributed by atoms with van der Waals surface area (Å²) in [5.41, 5.74) is 1.22. The highest BCUT2D eigenvalue weighted by Gasteiger charge is 2.15. The maximum absolute atomic E-state index is 12.0. The summed E-state index contributed by atoms with van der Waals surface area (Å²) in [4.78, 5) is 14.2. The molecule has 0 radical (unpaired) electrons. The van der Waals surface area contributed by atoms with Gasteiger partial charge in [0.15, 0.2) is 0 Å². The molecule has 4 nitrogen and oxygen atoms in total. The number of carbonyl (C=O) groups is 1. The van der Waals surface area contributed by atoms with Gasteiger partial charge in [0.05, 0.1) is 13.2 Å². The molecule has 0 fully saturated rings. The first kappa shape index (κ1) is 16.7. The average molecular weight is 278 g/mol. The molecule has 0 aromatic heterocycles. The molecule has 1 aromatic rings. The van der Waals surface area contributed by atoms with E-state index in [1.165, 1.54) is 5.56 Å². The Morgan fingerprint density at radius 3 is 2.45 bits per heavy atom. The summed E-state index contributed by atoms with van der Waals surface area (Å²) in [5, 5.41) is 2.95. The number of ether oxygens (including phenoxy) is 1. The summed E-state index contributed by atoms with van der Waals surface area (Å²) >= 11 is 0. The molecule has 0 bridgehead atoms. The number of rotatable bonds is 8. The van der Waals surface area contributed by atoms with Gasteiger partial charge in [-0.1, -0.05) is 30.3 Å². The molecule has 1 aromatic carbocycles. The maximum Gasteiger partial charge on any atom is 0.234 e. The summed E-state index contributed by atoms with van der Waals surface area (Å²) in [6.07, 6.45) is 0. The fourth-order valence-corrected chi connectivity index (χ4v) is 2.04. The second kappa shape index (κ2) is 8.72. The van der Waals surface area contributed by atoms with Gasteiger partial charge in [0, 0.05) is 25.7 Å². The van der Waals surface area contributed by atoms with Crippen LogP contribution in [0.2, 0.25) is 0 Å². The quantitative estimate of drug-likeness (QED) is 0.791. The van der Waals surface area contributed by atoms with Crippen molar-refractivity contribution in [3.63, 3.8) is 0 Å². The molecule has 0 spiro atoms. The highest BCUT2D eigenvalue weighted by molar-refractivity contribution is 5.78. The standard InChI is InChI=1S/C16H26N2O2/c1-13(2)18(10-15-8-6-5-7-9-15)11-16(19)17-14(3)12-20-4/h5-9,13-14H,10-12H2,1-4H3,(H,17,19). The Balaban J connectivity index is 2.53. The SMILES string of the molecule is COCC(C)NC(=O)CN(Cc1ccccc1)C(C)C. The average Bonchev–Trinajstić information content (AvgIpc) is 2.39. The minimum atomic E-state index is 0.0400. The van der Waals surface area contributed by atoms with Gasteiger partial charge in [-0.2, -0.15) is 0 Å². The van der Waals surface area contributed by atoms with Crippen LogP contribution in [0.5, 0.6) is 0 Å². The first-order valence-electron chi connectivity index (χ1n) is 7.09. The van der Waals surface area contributed by atoms with E-state index in [1.54, 1.807) is 7.11 Å². The molecule has 1 unspecified atom stereocenters. The van der Waals surface area contributed by atoms with Gasteiger partial charge in [0.2, 0.25) is 5.91 Å². The van der Waals surface area contributed by atoms with Gasteiger partial charge in [0.25, 0.3) is 0 Å². The number of nitrogens with one attached hydrogen (secondary N) is 1. The van der Waals surface area contributed by atoms with Crippen molar-refractivity contribution in [3.05, 3.63) is 35.9 Å². The van der Waals surface area contributed by atoms with Crippen LogP contribution in [0.15, 0.2) is 30.3 Å². The zero-order chi connectivity index (χ0) is 15.0. The highest BCUT2D eigenvalue weighted by Crippen LogP contribution is 2.07. The van der Waals surface area contributed by atoms with Gasteiger partial charge < -0.3 is 10.1 Å². The van der Waals surface area contributed by atoms with Crippen LogP contribution < -0.4 is 5.32 Å². The molecule has 0 heterocycles. The fraction of sp³-hybridized carbons (Fsp3) is 0.562. The summed E-state index contributed by atoms with van der Waals surface area (Å²) in [6.45, 7) is 7.87. The molecule has 0 saturated carbocycles. The van der Waals surface area contributed by atoms with Crippen molar-refractivity contribution in [1.29, 1.82) is 0 Å². The van der Waals surface area contributed by atoms with Gasteiger partial charge in [0.1, 0.15) is 0 Å². The minimum Gasteiger partial charge on any atom is -0.383 e. The van der Waals surface area contributed by atoms with Gasteiger partial charge in [-0.25, -0.2) is 0 Å². The molecule has 20 heavy (non-hydrogen) atoms. The van der Waals surface area contributed by atoms with E-state index in [1.807, 2.05) is 25.1 Å². The Bertz CT molecular complexity index is 393. The molecular weight excluding hydrogens is 252 g/mol. The van der Waals surface area contributed by atoms with Crippen molar-refractivity contribution in [2.24, 2.45) is 0 Å². The van der Waals surface area contributed by atoms with Crippen LogP contribution in [0.25, 0.3) is 0 Å². The van der Waals surface area contributed by atoms with Gasteiger partial charge in [-0.3, -0.25) is 9.69 Å². The van der Waals surface area contributed by atoms with Crippen LogP contribution in [0, 0.1) is 0 Å². The van der Waals surface area contributed by atoms with E-state index in [2.05, 4.69) is 36.2 Å². The largest absolute Gasteiger partial charge is 0.383 e. The lowest BCUT2D eigenvalue weighted by molar-refractivity contribution is -0.123. The van der Waals surface area contributed by atoms with E-state index in [9.17, 15) is 4.79 Å². The second-order valence-electron chi connectivity index (χ2n) is 5.41. The van der Waals surface area contributed by atoms with Crippen LogP contribution in [-0.4, -0.2) is 43.2 Å². The van der Waals surface area contributed by atoms with Crippen molar-refractivity contribution >= 4 is 5.91 Å². The number of benzene rings is 1. The van der Waals surface area contributed by atoms with Crippen LogP contribution in [0.4, 0.5) is 0 Å². The van der Waals surface area contributed by atoms with Crippen molar-refractivity contribution in [1.82, 2.24) is 10.2 Å². The van der Waals surface area contributed by atoms with E-state index in [0.717, 1.165) is 6.54 Å². The Hall–Kier alpha value is -1.39. The molecule has 0 aliphatic carbocycles. The molecule has 1 atom stereocenters. The molecule has 0 aliphatic heterocycles. The summed E-state index contributed by atoms with van der Waals surface area (Å²) in [7, 11) is 1.64. The molecule has 1 amide bonds. The smallest absolute Gasteiger partial charge is 0.234 e. The van der Waals surface area contributed by atoms with Gasteiger partial charge >= 0.3 is 0 Å². The zero-order valence-corrected chi connectivity index (χ0v) is 12.9. The number of hydrogen-bond acceptors (Lipinski definition) is 3. The van der Waals surface area contributed by atoms with Crippen LogP contribution in [0.1, 0.15) is 26.3 Å². The van der Waals surface area contributed by atoms with E-state index in [0.29, 0.717) is 19.2 Å². The molecule has 1 N–H and O–H groups in total. The summed E-state index contributed by atoms with van der Waals surface area (Å²) in [6, 6.07) is 10.6. The first-order valence-corrected chi connectivity index (χ1v) is 7.09. The van der Waals surface area contributed by atoms with Crippen molar-refractivity contribution in [3.8, 4) is 0 Å². The first-order chi connectivity index (χ1) is 9.52. The van der Waals surface area contributed by atoms with Crippen LogP contribution >= 0.6 is 0 Å². The molecule has 1 rings (SSSR count). The third kappa shape index (κ3) is 6.17. The van der Waals surface area contributed by atoms with Crippen molar-refractivity contribution in [2.75, 3.05) is 20.3 Å². The number of methoxy groups -OCH3 is 1. The number of hydrogen-bond donors (Lipinski definition) is 1. The topological polar surface area (TPSA) is 41.6 Å². The maximum atomic E-state index is 12.0. The Labute approximate surface area is 122 Å². The van der Waals surface area contributed by atoms with Gasteiger partial charge in [-0.15, -0.1) is 0 Å². The predicted molar refractivity (Wildman–Crippen MR) is 81.5 cm³/mol. The predicted octanol–water partition coefficient (Wildman–Crippen LogP) is 2.05. The Morgan fingerprint density at radius 2 is 1.90 bits per heavy atom. The third-order valence-electron chi connectivity index (χ3n) is 3.13. The lowest BCUT2D eigenvalue weighted by Gasteiger charge is -2.26. The molecule has 4 heteroatoms. The Morgan fingerprint density at radius 1 is 1.25 bits per heavy atom. The van der Waals surface area contributed by atoms with Crippen LogP contribution in [-0.2, 0) is 16.1 Å². The van der Waals surface area contributed by atoms with Crippen molar-refractivity contribution in [2.45, 2.75) is 39.4 Å². The lowest BCUT2D eigenvalue weighted by atomic mass is 10.2. The normalized spacial score (nSPS) is 12.7. The molecular formula is C16H26N2O2. The highest BCUT2D eigenvalue weighted by atomic mass is 16.5. The van der Waals surface area contributed by atoms with Crippen LogP contribution in [0.3, 0.4) is 0 Å². The molecule has 112 valence electrons. The number of amides is 1. The summed E-state index contributed by atoms with van der Waals surface area (Å²) in [5.74, 6) is 0.0409.